The average Bonchev–Trinajstić information content (AvgIpc) is 2.37. The molecule has 0 spiro atoms. The van der Waals surface area contributed by atoms with E-state index < -0.39 is 12.7 Å². The smallest absolute Gasteiger partial charge is 0.293 e. The summed E-state index contributed by atoms with van der Waals surface area (Å²) in [5.41, 5.74) is 1.56. The SMILES string of the molecule is CCCN(CC(=O)c1ccc(C(C)C)cc1)CC(F)(F)F. The molecule has 0 N–H and O–H groups in total. The Hall–Kier alpha value is -1.36. The lowest BCUT2D eigenvalue weighted by atomic mass is 10.0. The van der Waals surface area contributed by atoms with Crippen LogP contribution in [0.25, 0.3) is 0 Å². The van der Waals surface area contributed by atoms with Crippen molar-refractivity contribution in [3.05, 3.63) is 35.4 Å². The van der Waals surface area contributed by atoms with Crippen LogP contribution in [0.2, 0.25) is 0 Å². The van der Waals surface area contributed by atoms with Crippen molar-refractivity contribution in [1.29, 1.82) is 0 Å². The van der Waals surface area contributed by atoms with Gasteiger partial charge in [0.25, 0.3) is 0 Å². The molecule has 0 aromatic heterocycles. The van der Waals surface area contributed by atoms with E-state index in [0.29, 0.717) is 17.9 Å². The van der Waals surface area contributed by atoms with Crippen LogP contribution >= 0.6 is 0 Å². The number of alkyl halides is 3. The predicted molar refractivity (Wildman–Crippen MR) is 77.6 cm³/mol. The van der Waals surface area contributed by atoms with Gasteiger partial charge >= 0.3 is 6.18 Å². The fourth-order valence-corrected chi connectivity index (χ4v) is 2.13. The molecule has 0 heterocycles. The number of benzene rings is 1. The first-order valence-electron chi connectivity index (χ1n) is 7.15. The van der Waals surface area contributed by atoms with Crippen molar-refractivity contribution in [3.8, 4) is 0 Å². The first-order chi connectivity index (χ1) is 9.73. The molecule has 0 aliphatic rings. The van der Waals surface area contributed by atoms with Crippen molar-refractivity contribution in [2.24, 2.45) is 0 Å². The Kier molecular flexibility index (Phi) is 6.40. The zero-order valence-corrected chi connectivity index (χ0v) is 12.7. The van der Waals surface area contributed by atoms with Gasteiger partial charge in [-0.05, 0) is 24.4 Å². The van der Waals surface area contributed by atoms with Crippen molar-refractivity contribution in [2.45, 2.75) is 39.3 Å². The highest BCUT2D eigenvalue weighted by Crippen LogP contribution is 2.18. The summed E-state index contributed by atoms with van der Waals surface area (Å²) in [5, 5.41) is 0. The maximum atomic E-state index is 12.5. The summed E-state index contributed by atoms with van der Waals surface area (Å²) in [7, 11) is 0. The van der Waals surface area contributed by atoms with Crippen LogP contribution in [0.4, 0.5) is 13.2 Å². The summed E-state index contributed by atoms with van der Waals surface area (Å²) in [5.74, 6) is 0.0824. The molecule has 0 saturated heterocycles. The Balaban J connectivity index is 2.72. The number of halogens is 3. The molecule has 1 aromatic carbocycles. The lowest BCUT2D eigenvalue weighted by Crippen LogP contribution is -2.38. The third-order valence-electron chi connectivity index (χ3n) is 3.21. The molecule has 0 unspecified atom stereocenters. The van der Waals surface area contributed by atoms with Crippen molar-refractivity contribution >= 4 is 5.78 Å². The summed E-state index contributed by atoms with van der Waals surface area (Å²) >= 11 is 0. The summed E-state index contributed by atoms with van der Waals surface area (Å²) in [6.07, 6.45) is -3.70. The van der Waals surface area contributed by atoms with Gasteiger partial charge in [-0.25, -0.2) is 0 Å². The van der Waals surface area contributed by atoms with Gasteiger partial charge in [0, 0.05) is 5.56 Å². The van der Waals surface area contributed by atoms with Crippen LogP contribution in [0.3, 0.4) is 0 Å². The van der Waals surface area contributed by atoms with E-state index in [1.165, 1.54) is 0 Å². The number of carbonyl (C=O) groups excluding carboxylic acids is 1. The number of hydrogen-bond acceptors (Lipinski definition) is 2. The van der Waals surface area contributed by atoms with Crippen LogP contribution in [0.1, 0.15) is 49.0 Å². The molecule has 5 heteroatoms. The topological polar surface area (TPSA) is 20.3 Å². The van der Waals surface area contributed by atoms with E-state index in [9.17, 15) is 18.0 Å². The number of ketones is 1. The zero-order valence-electron chi connectivity index (χ0n) is 12.7. The Morgan fingerprint density at radius 3 is 2.19 bits per heavy atom. The standard InChI is InChI=1S/C16H22F3NO/c1-4-9-20(11-16(17,18)19)10-15(21)14-7-5-13(6-8-14)12(2)3/h5-8,12H,4,9-11H2,1-3H3. The summed E-state index contributed by atoms with van der Waals surface area (Å²) in [6.45, 7) is 4.90. The van der Waals surface area contributed by atoms with Crippen LogP contribution < -0.4 is 0 Å². The average molecular weight is 301 g/mol. The highest BCUT2D eigenvalue weighted by molar-refractivity contribution is 5.97. The maximum absolute atomic E-state index is 12.5. The zero-order chi connectivity index (χ0) is 16.0. The van der Waals surface area contributed by atoms with E-state index in [1.54, 1.807) is 19.1 Å². The molecule has 0 saturated carbocycles. The maximum Gasteiger partial charge on any atom is 0.401 e. The number of hydrogen-bond donors (Lipinski definition) is 0. The molecule has 0 amide bonds. The molecule has 0 aliphatic carbocycles. The summed E-state index contributed by atoms with van der Waals surface area (Å²) < 4.78 is 37.4. The normalized spacial score (nSPS) is 12.2. The molecular weight excluding hydrogens is 279 g/mol. The second kappa shape index (κ2) is 7.59. The molecule has 0 radical (unpaired) electrons. The molecule has 2 nitrogen and oxygen atoms in total. The van der Waals surface area contributed by atoms with Gasteiger partial charge < -0.3 is 0 Å². The van der Waals surface area contributed by atoms with Crippen LogP contribution in [0.5, 0.6) is 0 Å². The Morgan fingerprint density at radius 1 is 1.19 bits per heavy atom. The highest BCUT2D eigenvalue weighted by atomic mass is 19.4. The van der Waals surface area contributed by atoms with Crippen LogP contribution in [0, 0.1) is 0 Å². The van der Waals surface area contributed by atoms with Crippen LogP contribution in [0.15, 0.2) is 24.3 Å². The van der Waals surface area contributed by atoms with Gasteiger partial charge in [-0.1, -0.05) is 45.0 Å². The van der Waals surface area contributed by atoms with Gasteiger partial charge in [0.15, 0.2) is 5.78 Å². The molecule has 21 heavy (non-hydrogen) atoms. The molecule has 0 aliphatic heterocycles. The summed E-state index contributed by atoms with van der Waals surface area (Å²) in [6, 6.07) is 7.09. The van der Waals surface area contributed by atoms with Crippen molar-refractivity contribution in [2.75, 3.05) is 19.6 Å². The largest absolute Gasteiger partial charge is 0.401 e. The Morgan fingerprint density at radius 2 is 1.76 bits per heavy atom. The van der Waals surface area contributed by atoms with E-state index in [2.05, 4.69) is 0 Å². The molecule has 0 fully saturated rings. The van der Waals surface area contributed by atoms with Crippen molar-refractivity contribution < 1.29 is 18.0 Å². The van der Waals surface area contributed by atoms with E-state index in [0.717, 1.165) is 10.5 Å². The van der Waals surface area contributed by atoms with Gasteiger partial charge in [-0.3, -0.25) is 9.69 Å². The molecule has 118 valence electrons. The van der Waals surface area contributed by atoms with Crippen LogP contribution in [-0.4, -0.2) is 36.5 Å². The number of rotatable bonds is 7. The monoisotopic (exact) mass is 301 g/mol. The molecule has 1 aromatic rings. The van der Waals surface area contributed by atoms with Gasteiger partial charge in [0.1, 0.15) is 0 Å². The van der Waals surface area contributed by atoms with E-state index in [4.69, 9.17) is 0 Å². The van der Waals surface area contributed by atoms with Gasteiger partial charge in [0.2, 0.25) is 0 Å². The number of carbonyl (C=O) groups is 1. The first-order valence-corrected chi connectivity index (χ1v) is 7.15. The first kappa shape index (κ1) is 17.7. The minimum absolute atomic E-state index is 0.200. The Bertz CT molecular complexity index is 452. The highest BCUT2D eigenvalue weighted by Gasteiger charge is 2.31. The van der Waals surface area contributed by atoms with Gasteiger partial charge in [-0.2, -0.15) is 13.2 Å². The second-order valence-corrected chi connectivity index (χ2v) is 5.53. The molecule has 0 atom stereocenters. The predicted octanol–water partition coefficient (Wildman–Crippen LogP) is 4.27. The van der Waals surface area contributed by atoms with E-state index >= 15 is 0 Å². The molecule has 1 rings (SSSR count). The number of nitrogens with zero attached hydrogens (tertiary/aromatic N) is 1. The van der Waals surface area contributed by atoms with Gasteiger partial charge in [0.05, 0.1) is 13.1 Å². The lowest BCUT2D eigenvalue weighted by molar-refractivity contribution is -0.144. The lowest BCUT2D eigenvalue weighted by Gasteiger charge is -2.22. The Labute approximate surface area is 123 Å². The third kappa shape index (κ3) is 6.29. The fourth-order valence-electron chi connectivity index (χ4n) is 2.13. The molecule has 0 bridgehead atoms. The van der Waals surface area contributed by atoms with Crippen molar-refractivity contribution in [3.63, 3.8) is 0 Å². The number of Topliss-reactive ketones (excluding diaryl/α,β-unsaturated/α-hetero) is 1. The van der Waals surface area contributed by atoms with Gasteiger partial charge in [-0.15, -0.1) is 0 Å². The van der Waals surface area contributed by atoms with Crippen molar-refractivity contribution in [1.82, 2.24) is 4.90 Å². The second-order valence-electron chi connectivity index (χ2n) is 5.53. The minimum atomic E-state index is -4.28. The quantitative estimate of drug-likeness (QED) is 0.701. The van der Waals surface area contributed by atoms with E-state index in [1.807, 2.05) is 26.0 Å². The van der Waals surface area contributed by atoms with E-state index in [-0.39, 0.29) is 18.9 Å². The molecular formula is C16H22F3NO. The third-order valence-corrected chi connectivity index (χ3v) is 3.21. The summed E-state index contributed by atoms with van der Waals surface area (Å²) in [4.78, 5) is 13.2. The fraction of sp³-hybridized carbons (Fsp3) is 0.562. The minimum Gasteiger partial charge on any atom is -0.293 e. The van der Waals surface area contributed by atoms with Crippen LogP contribution in [-0.2, 0) is 0 Å².